The number of carbonyl (C=O) groups is 1. The second-order valence-corrected chi connectivity index (χ2v) is 4.67. The summed E-state index contributed by atoms with van der Waals surface area (Å²) < 4.78 is 5.18. The normalized spacial score (nSPS) is 12.4. The fraction of sp³-hybridized carbons (Fsp3) is 0.235. The van der Waals surface area contributed by atoms with Gasteiger partial charge in [0.1, 0.15) is 11.8 Å². The highest BCUT2D eigenvalue weighted by Gasteiger charge is 2.15. The third-order valence-corrected chi connectivity index (χ3v) is 3.05. The van der Waals surface area contributed by atoms with Crippen molar-refractivity contribution in [3.05, 3.63) is 66.1 Å². The molecule has 1 heterocycles. The van der Waals surface area contributed by atoms with Gasteiger partial charge in [0.15, 0.2) is 0 Å². The van der Waals surface area contributed by atoms with Crippen molar-refractivity contribution in [3.8, 4) is 0 Å². The molecule has 0 aliphatic rings. The summed E-state index contributed by atoms with van der Waals surface area (Å²) in [5.41, 5.74) is 1.11. The van der Waals surface area contributed by atoms with Crippen LogP contribution in [0, 0.1) is 0 Å². The summed E-state index contributed by atoms with van der Waals surface area (Å²) in [6.07, 6.45) is 6.50. The first-order chi connectivity index (χ1) is 10.3. The van der Waals surface area contributed by atoms with Gasteiger partial charge in [-0.1, -0.05) is 42.5 Å². The molecular formula is C17H19NO3. The highest BCUT2D eigenvalue weighted by atomic mass is 16.3. The van der Waals surface area contributed by atoms with Crippen LogP contribution in [-0.4, -0.2) is 17.6 Å². The summed E-state index contributed by atoms with van der Waals surface area (Å²) in [6, 6.07) is 12.9. The standard InChI is InChI=1S/C17H19NO3/c19-13-15(16-10-6-12-21-16)18-17(20)11-5-4-9-14-7-2-1-3-8-14/h1-4,6-10,12,15,19H,5,11,13H2,(H,18,20)/b9-4+. The number of hydrogen-bond donors (Lipinski definition) is 2. The van der Waals surface area contributed by atoms with E-state index in [9.17, 15) is 9.90 Å². The fourth-order valence-electron chi connectivity index (χ4n) is 1.96. The lowest BCUT2D eigenvalue weighted by Gasteiger charge is -2.13. The van der Waals surface area contributed by atoms with Gasteiger partial charge in [-0.3, -0.25) is 4.79 Å². The largest absolute Gasteiger partial charge is 0.467 e. The first-order valence-electron chi connectivity index (χ1n) is 6.95. The topological polar surface area (TPSA) is 62.5 Å². The maximum atomic E-state index is 11.8. The van der Waals surface area contributed by atoms with Crippen LogP contribution in [0.5, 0.6) is 0 Å². The molecule has 0 saturated heterocycles. The molecule has 2 aromatic rings. The SMILES string of the molecule is O=C(CC/C=C/c1ccccc1)NC(CO)c1ccco1. The average molecular weight is 285 g/mol. The number of carbonyl (C=O) groups excluding carboxylic acids is 1. The Bertz CT molecular complexity index is 561. The van der Waals surface area contributed by atoms with Crippen molar-refractivity contribution in [2.45, 2.75) is 18.9 Å². The predicted octanol–water partition coefficient (Wildman–Crippen LogP) is 2.92. The monoisotopic (exact) mass is 285 g/mol. The van der Waals surface area contributed by atoms with E-state index < -0.39 is 6.04 Å². The van der Waals surface area contributed by atoms with E-state index in [1.165, 1.54) is 6.26 Å². The molecule has 1 aromatic heterocycles. The van der Waals surface area contributed by atoms with E-state index >= 15 is 0 Å². The lowest BCUT2D eigenvalue weighted by atomic mass is 10.1. The maximum Gasteiger partial charge on any atom is 0.220 e. The van der Waals surface area contributed by atoms with Gasteiger partial charge in [0, 0.05) is 6.42 Å². The van der Waals surface area contributed by atoms with Crippen LogP contribution in [0.1, 0.15) is 30.2 Å². The molecule has 110 valence electrons. The number of amides is 1. The molecule has 1 amide bonds. The summed E-state index contributed by atoms with van der Waals surface area (Å²) in [4.78, 5) is 11.8. The molecule has 0 bridgehead atoms. The molecule has 0 aliphatic carbocycles. The van der Waals surface area contributed by atoms with E-state index in [1.54, 1.807) is 12.1 Å². The zero-order chi connectivity index (χ0) is 14.9. The quantitative estimate of drug-likeness (QED) is 0.822. The first-order valence-corrected chi connectivity index (χ1v) is 6.95. The van der Waals surface area contributed by atoms with Crippen LogP contribution in [0.15, 0.2) is 59.2 Å². The highest BCUT2D eigenvalue weighted by molar-refractivity contribution is 5.76. The van der Waals surface area contributed by atoms with Gasteiger partial charge in [0.2, 0.25) is 5.91 Å². The number of nitrogens with one attached hydrogen (secondary N) is 1. The Morgan fingerprint density at radius 1 is 1.24 bits per heavy atom. The van der Waals surface area contributed by atoms with Crippen LogP contribution in [0.2, 0.25) is 0 Å². The van der Waals surface area contributed by atoms with Crippen LogP contribution in [0.25, 0.3) is 6.08 Å². The summed E-state index contributed by atoms with van der Waals surface area (Å²) in [5, 5.41) is 12.0. The van der Waals surface area contributed by atoms with Crippen LogP contribution >= 0.6 is 0 Å². The van der Waals surface area contributed by atoms with Gasteiger partial charge in [-0.2, -0.15) is 0 Å². The Morgan fingerprint density at radius 3 is 2.71 bits per heavy atom. The molecule has 0 spiro atoms. The van der Waals surface area contributed by atoms with Gasteiger partial charge in [-0.25, -0.2) is 0 Å². The van der Waals surface area contributed by atoms with Crippen LogP contribution in [0.4, 0.5) is 0 Å². The number of allylic oxidation sites excluding steroid dienone is 1. The van der Waals surface area contributed by atoms with E-state index in [-0.39, 0.29) is 12.5 Å². The van der Waals surface area contributed by atoms with Crippen molar-refractivity contribution < 1.29 is 14.3 Å². The number of furan rings is 1. The first kappa shape index (κ1) is 15.1. The number of aliphatic hydroxyl groups excluding tert-OH is 1. The Labute approximate surface area is 124 Å². The molecule has 1 unspecified atom stereocenters. The van der Waals surface area contributed by atoms with E-state index in [4.69, 9.17) is 4.42 Å². The summed E-state index contributed by atoms with van der Waals surface area (Å²) in [7, 11) is 0. The molecule has 1 atom stereocenters. The van der Waals surface area contributed by atoms with E-state index in [0.717, 1.165) is 5.56 Å². The molecule has 0 aliphatic heterocycles. The van der Waals surface area contributed by atoms with Crippen molar-refractivity contribution in [1.29, 1.82) is 0 Å². The van der Waals surface area contributed by atoms with Gasteiger partial charge in [-0.05, 0) is 24.1 Å². The Kier molecular flexibility index (Phi) is 5.79. The highest BCUT2D eigenvalue weighted by Crippen LogP contribution is 2.13. The van der Waals surface area contributed by atoms with Gasteiger partial charge in [-0.15, -0.1) is 0 Å². The van der Waals surface area contributed by atoms with Gasteiger partial charge in [0.25, 0.3) is 0 Å². The second kappa shape index (κ2) is 8.07. The lowest BCUT2D eigenvalue weighted by molar-refractivity contribution is -0.122. The average Bonchev–Trinajstić information content (AvgIpc) is 3.04. The molecule has 2 N–H and O–H groups in total. The summed E-state index contributed by atoms with van der Waals surface area (Å²) in [6.45, 7) is -0.181. The minimum absolute atomic E-state index is 0.108. The van der Waals surface area contributed by atoms with E-state index in [1.807, 2.05) is 42.5 Å². The number of aliphatic hydroxyl groups is 1. The number of rotatable bonds is 7. The Balaban J connectivity index is 1.76. The van der Waals surface area contributed by atoms with Crippen molar-refractivity contribution in [2.75, 3.05) is 6.61 Å². The summed E-state index contributed by atoms with van der Waals surface area (Å²) in [5.74, 6) is 0.453. The minimum atomic E-state index is -0.481. The Hall–Kier alpha value is -2.33. The number of hydrogen-bond acceptors (Lipinski definition) is 3. The second-order valence-electron chi connectivity index (χ2n) is 4.67. The minimum Gasteiger partial charge on any atom is -0.467 e. The molecule has 4 heteroatoms. The van der Waals surface area contributed by atoms with Gasteiger partial charge in [0.05, 0.1) is 12.9 Å². The van der Waals surface area contributed by atoms with Crippen LogP contribution in [0.3, 0.4) is 0 Å². The summed E-state index contributed by atoms with van der Waals surface area (Å²) >= 11 is 0. The smallest absolute Gasteiger partial charge is 0.220 e. The maximum absolute atomic E-state index is 11.8. The van der Waals surface area contributed by atoms with Crippen molar-refractivity contribution in [3.63, 3.8) is 0 Å². The molecular weight excluding hydrogens is 266 g/mol. The molecule has 1 aromatic carbocycles. The van der Waals surface area contributed by atoms with Gasteiger partial charge >= 0.3 is 0 Å². The van der Waals surface area contributed by atoms with Crippen molar-refractivity contribution in [1.82, 2.24) is 5.32 Å². The molecule has 0 saturated carbocycles. The third-order valence-electron chi connectivity index (χ3n) is 3.05. The zero-order valence-electron chi connectivity index (χ0n) is 11.7. The van der Waals surface area contributed by atoms with Crippen LogP contribution < -0.4 is 5.32 Å². The zero-order valence-corrected chi connectivity index (χ0v) is 11.7. The van der Waals surface area contributed by atoms with Crippen molar-refractivity contribution >= 4 is 12.0 Å². The molecule has 4 nitrogen and oxygen atoms in total. The van der Waals surface area contributed by atoms with E-state index in [2.05, 4.69) is 5.32 Å². The van der Waals surface area contributed by atoms with E-state index in [0.29, 0.717) is 18.6 Å². The number of benzene rings is 1. The third kappa shape index (κ3) is 4.93. The molecule has 0 fully saturated rings. The van der Waals surface area contributed by atoms with Gasteiger partial charge < -0.3 is 14.8 Å². The Morgan fingerprint density at radius 2 is 2.05 bits per heavy atom. The molecule has 2 rings (SSSR count). The molecule has 0 radical (unpaired) electrons. The fourth-order valence-corrected chi connectivity index (χ4v) is 1.96. The lowest BCUT2D eigenvalue weighted by Crippen LogP contribution is -2.30. The van der Waals surface area contributed by atoms with Crippen LogP contribution in [-0.2, 0) is 4.79 Å². The van der Waals surface area contributed by atoms with Crippen molar-refractivity contribution in [2.24, 2.45) is 0 Å². The molecule has 21 heavy (non-hydrogen) atoms. The predicted molar refractivity (Wildman–Crippen MR) is 81.4 cm³/mol.